The molecule has 72 valence electrons. The molecule has 0 heterocycles. The number of aryl methyl sites for hydroxylation is 2. The molecule has 0 radical (unpaired) electrons. The topological polar surface area (TPSA) is 9.23 Å². The third-order valence-electron chi connectivity index (χ3n) is 2.51. The number of ether oxygens (including phenoxy) is 1. The fourth-order valence-electron chi connectivity index (χ4n) is 1.73. The monoisotopic (exact) mass is 186 g/mol. The summed E-state index contributed by atoms with van der Waals surface area (Å²) in [5.41, 5.74) is 2.47. The first-order chi connectivity index (χ1) is 6.70. The standard InChI is InChI=1S/C13H14O/c1-9-4-5-11-7-10(2)13(14-3)8-12(11)6-9/h4-8H,1-3H3. The molecule has 0 aliphatic heterocycles. The van der Waals surface area contributed by atoms with E-state index in [9.17, 15) is 0 Å². The van der Waals surface area contributed by atoms with E-state index in [1.54, 1.807) is 7.11 Å². The molecule has 0 bridgehead atoms. The van der Waals surface area contributed by atoms with Crippen molar-refractivity contribution in [2.45, 2.75) is 13.8 Å². The van der Waals surface area contributed by atoms with E-state index in [4.69, 9.17) is 4.74 Å². The molecule has 1 nitrogen and oxygen atoms in total. The van der Waals surface area contributed by atoms with Crippen LogP contribution >= 0.6 is 0 Å². The van der Waals surface area contributed by atoms with Crippen molar-refractivity contribution in [3.8, 4) is 5.75 Å². The van der Waals surface area contributed by atoms with Crippen LogP contribution in [0.3, 0.4) is 0 Å². The Morgan fingerprint density at radius 1 is 0.929 bits per heavy atom. The van der Waals surface area contributed by atoms with Crippen molar-refractivity contribution in [3.63, 3.8) is 0 Å². The van der Waals surface area contributed by atoms with Crippen LogP contribution in [0.15, 0.2) is 30.3 Å². The molecule has 2 aromatic carbocycles. The molecule has 0 aliphatic carbocycles. The van der Waals surface area contributed by atoms with Crippen LogP contribution in [0.4, 0.5) is 0 Å². The van der Waals surface area contributed by atoms with Gasteiger partial charge in [0.1, 0.15) is 5.75 Å². The van der Waals surface area contributed by atoms with Crippen molar-refractivity contribution in [2.75, 3.05) is 7.11 Å². The molecule has 2 aromatic rings. The van der Waals surface area contributed by atoms with E-state index in [1.807, 2.05) is 0 Å². The van der Waals surface area contributed by atoms with Crippen LogP contribution in [-0.2, 0) is 0 Å². The first-order valence-electron chi connectivity index (χ1n) is 4.76. The van der Waals surface area contributed by atoms with Crippen LogP contribution in [-0.4, -0.2) is 7.11 Å². The minimum atomic E-state index is 0.961. The van der Waals surface area contributed by atoms with Gasteiger partial charge in [-0.2, -0.15) is 0 Å². The minimum Gasteiger partial charge on any atom is -0.496 e. The summed E-state index contributed by atoms with van der Waals surface area (Å²) in [6.45, 7) is 4.17. The van der Waals surface area contributed by atoms with Crippen molar-refractivity contribution in [3.05, 3.63) is 41.5 Å². The summed E-state index contributed by atoms with van der Waals surface area (Å²) in [6.07, 6.45) is 0. The van der Waals surface area contributed by atoms with E-state index >= 15 is 0 Å². The van der Waals surface area contributed by atoms with E-state index in [-0.39, 0.29) is 0 Å². The van der Waals surface area contributed by atoms with Crippen molar-refractivity contribution in [1.29, 1.82) is 0 Å². The van der Waals surface area contributed by atoms with E-state index in [2.05, 4.69) is 44.2 Å². The molecule has 0 spiro atoms. The SMILES string of the molecule is COc1cc2cc(C)ccc2cc1C. The number of methoxy groups -OCH3 is 1. The summed E-state index contributed by atoms with van der Waals surface area (Å²) in [6, 6.07) is 10.7. The van der Waals surface area contributed by atoms with E-state index in [1.165, 1.54) is 21.9 Å². The van der Waals surface area contributed by atoms with Gasteiger partial charge in [0.15, 0.2) is 0 Å². The lowest BCUT2D eigenvalue weighted by atomic mass is 10.0. The summed E-state index contributed by atoms with van der Waals surface area (Å²) >= 11 is 0. The normalized spacial score (nSPS) is 10.5. The maximum Gasteiger partial charge on any atom is 0.122 e. The smallest absolute Gasteiger partial charge is 0.122 e. The number of benzene rings is 2. The molecule has 0 aliphatic rings. The summed E-state index contributed by atoms with van der Waals surface area (Å²) in [5, 5.41) is 2.52. The number of fused-ring (bicyclic) bond motifs is 1. The molecular formula is C13H14O. The molecule has 0 unspecified atom stereocenters. The second-order valence-corrected chi connectivity index (χ2v) is 3.67. The van der Waals surface area contributed by atoms with Gasteiger partial charge in [-0.1, -0.05) is 23.8 Å². The van der Waals surface area contributed by atoms with Crippen LogP contribution in [0, 0.1) is 13.8 Å². The van der Waals surface area contributed by atoms with Gasteiger partial charge in [-0.05, 0) is 42.3 Å². The van der Waals surface area contributed by atoms with Gasteiger partial charge in [0, 0.05) is 0 Å². The molecule has 0 N–H and O–H groups in total. The fourth-order valence-corrected chi connectivity index (χ4v) is 1.73. The average Bonchev–Trinajstić information content (AvgIpc) is 2.17. The predicted octanol–water partition coefficient (Wildman–Crippen LogP) is 3.47. The van der Waals surface area contributed by atoms with Gasteiger partial charge in [0.2, 0.25) is 0 Å². The van der Waals surface area contributed by atoms with Gasteiger partial charge in [0.05, 0.1) is 7.11 Å². The van der Waals surface area contributed by atoms with Crippen molar-refractivity contribution < 1.29 is 4.74 Å². The van der Waals surface area contributed by atoms with Crippen molar-refractivity contribution in [1.82, 2.24) is 0 Å². The zero-order valence-electron chi connectivity index (χ0n) is 8.79. The quantitative estimate of drug-likeness (QED) is 0.662. The van der Waals surface area contributed by atoms with Gasteiger partial charge in [-0.25, -0.2) is 0 Å². The Kier molecular flexibility index (Phi) is 2.16. The minimum absolute atomic E-state index is 0.961. The molecule has 2 rings (SSSR count). The molecule has 0 saturated carbocycles. The van der Waals surface area contributed by atoms with Crippen LogP contribution in [0.1, 0.15) is 11.1 Å². The zero-order valence-corrected chi connectivity index (χ0v) is 8.79. The second kappa shape index (κ2) is 3.33. The lowest BCUT2D eigenvalue weighted by Gasteiger charge is -2.07. The van der Waals surface area contributed by atoms with Crippen LogP contribution < -0.4 is 4.74 Å². The molecule has 0 atom stereocenters. The van der Waals surface area contributed by atoms with Gasteiger partial charge in [0.25, 0.3) is 0 Å². The molecule has 0 amide bonds. The molecular weight excluding hydrogens is 172 g/mol. The van der Waals surface area contributed by atoms with E-state index < -0.39 is 0 Å². The summed E-state index contributed by atoms with van der Waals surface area (Å²) in [7, 11) is 1.71. The van der Waals surface area contributed by atoms with Gasteiger partial charge >= 0.3 is 0 Å². The largest absolute Gasteiger partial charge is 0.496 e. The number of rotatable bonds is 1. The highest BCUT2D eigenvalue weighted by Gasteiger charge is 2.00. The van der Waals surface area contributed by atoms with Crippen molar-refractivity contribution >= 4 is 10.8 Å². The maximum atomic E-state index is 5.29. The summed E-state index contributed by atoms with van der Waals surface area (Å²) in [4.78, 5) is 0. The molecule has 0 aromatic heterocycles. The molecule has 0 fully saturated rings. The highest BCUT2D eigenvalue weighted by atomic mass is 16.5. The highest BCUT2D eigenvalue weighted by molar-refractivity contribution is 5.85. The Balaban J connectivity index is 2.73. The predicted molar refractivity (Wildman–Crippen MR) is 60.0 cm³/mol. The Labute approximate surface area is 84.3 Å². The summed E-state index contributed by atoms with van der Waals surface area (Å²) in [5.74, 6) is 0.961. The third kappa shape index (κ3) is 1.46. The average molecular weight is 186 g/mol. The van der Waals surface area contributed by atoms with Crippen molar-refractivity contribution in [2.24, 2.45) is 0 Å². The van der Waals surface area contributed by atoms with E-state index in [0.717, 1.165) is 5.75 Å². The third-order valence-corrected chi connectivity index (χ3v) is 2.51. The number of hydrogen-bond acceptors (Lipinski definition) is 1. The van der Waals surface area contributed by atoms with Gasteiger partial charge in [-0.3, -0.25) is 0 Å². The second-order valence-electron chi connectivity index (χ2n) is 3.67. The van der Waals surface area contributed by atoms with E-state index in [0.29, 0.717) is 0 Å². The fraction of sp³-hybridized carbons (Fsp3) is 0.231. The Hall–Kier alpha value is -1.50. The van der Waals surface area contributed by atoms with Crippen LogP contribution in [0.2, 0.25) is 0 Å². The van der Waals surface area contributed by atoms with Crippen LogP contribution in [0.5, 0.6) is 5.75 Å². The lowest BCUT2D eigenvalue weighted by Crippen LogP contribution is -1.87. The molecule has 1 heteroatoms. The molecule has 0 saturated heterocycles. The zero-order chi connectivity index (χ0) is 10.1. The van der Waals surface area contributed by atoms with Gasteiger partial charge < -0.3 is 4.74 Å². The highest BCUT2D eigenvalue weighted by Crippen LogP contribution is 2.25. The van der Waals surface area contributed by atoms with Crippen LogP contribution in [0.25, 0.3) is 10.8 Å². The number of hydrogen-bond donors (Lipinski definition) is 0. The summed E-state index contributed by atoms with van der Waals surface area (Å²) < 4.78 is 5.29. The maximum absolute atomic E-state index is 5.29. The Morgan fingerprint density at radius 3 is 2.43 bits per heavy atom. The lowest BCUT2D eigenvalue weighted by molar-refractivity contribution is 0.412. The van der Waals surface area contributed by atoms with Gasteiger partial charge in [-0.15, -0.1) is 0 Å². The Bertz CT molecular complexity index is 472. The molecule has 14 heavy (non-hydrogen) atoms. The first-order valence-corrected chi connectivity index (χ1v) is 4.76. The Morgan fingerprint density at radius 2 is 1.71 bits per heavy atom. The first kappa shape index (κ1) is 9.07.